The van der Waals surface area contributed by atoms with E-state index in [4.69, 9.17) is 16.3 Å². The fourth-order valence-electron chi connectivity index (χ4n) is 2.61. The molecule has 0 unspecified atom stereocenters. The normalized spacial score (nSPS) is 11.2. The molecule has 2 aromatic carbocycles. The zero-order chi connectivity index (χ0) is 20.3. The molecular weight excluding hydrogens is 395 g/mol. The molecule has 0 radical (unpaired) electrons. The number of carbonyl (C=O) groups excluding carboxylic acids is 1. The van der Waals surface area contributed by atoms with Crippen molar-refractivity contribution in [1.29, 1.82) is 0 Å². The minimum atomic E-state index is -4.56. The van der Waals surface area contributed by atoms with Gasteiger partial charge < -0.3 is 9.30 Å². The minimum absolute atomic E-state index is 0.0698. The molecule has 5 nitrogen and oxygen atoms in total. The first-order valence-electron chi connectivity index (χ1n) is 8.04. The summed E-state index contributed by atoms with van der Waals surface area (Å²) in [5.41, 5.74) is 4.04. The van der Waals surface area contributed by atoms with Crippen molar-refractivity contribution in [2.75, 3.05) is 12.5 Å². The van der Waals surface area contributed by atoms with Crippen molar-refractivity contribution in [2.45, 2.75) is 6.18 Å². The summed E-state index contributed by atoms with van der Waals surface area (Å²) < 4.78 is 46.2. The standard InChI is InChI=1S/C19H15ClF3N3O2/c1-28-17-11-16(26-8-4-5-9-26)14(20)10-12(17)18(27)25-24-15-7-3-2-6-13(15)19(21,22)23/h2-11,24H,1H3,(H,25,27). The van der Waals surface area contributed by atoms with Crippen molar-refractivity contribution in [2.24, 2.45) is 0 Å². The number of hydrazine groups is 1. The summed E-state index contributed by atoms with van der Waals surface area (Å²) in [4.78, 5) is 12.5. The molecule has 3 aromatic rings. The first-order chi connectivity index (χ1) is 13.3. The lowest BCUT2D eigenvalue weighted by Crippen LogP contribution is -2.31. The van der Waals surface area contributed by atoms with Crippen LogP contribution in [-0.2, 0) is 6.18 Å². The number of methoxy groups -OCH3 is 1. The average Bonchev–Trinajstić information content (AvgIpc) is 3.20. The number of nitrogens with one attached hydrogen (secondary N) is 2. The number of aromatic nitrogens is 1. The van der Waals surface area contributed by atoms with Crippen LogP contribution in [-0.4, -0.2) is 17.6 Å². The number of alkyl halides is 3. The largest absolute Gasteiger partial charge is 0.496 e. The Balaban J connectivity index is 1.85. The molecule has 0 saturated carbocycles. The van der Waals surface area contributed by atoms with Gasteiger partial charge in [0.05, 0.1) is 34.6 Å². The van der Waals surface area contributed by atoms with Crippen molar-refractivity contribution < 1.29 is 22.7 Å². The molecular formula is C19H15ClF3N3O2. The minimum Gasteiger partial charge on any atom is -0.496 e. The highest BCUT2D eigenvalue weighted by Gasteiger charge is 2.33. The Morgan fingerprint density at radius 3 is 2.43 bits per heavy atom. The SMILES string of the molecule is COc1cc(-n2cccc2)c(Cl)cc1C(=O)NNc1ccccc1C(F)(F)F. The number of nitrogens with zero attached hydrogens (tertiary/aromatic N) is 1. The summed E-state index contributed by atoms with van der Waals surface area (Å²) >= 11 is 6.27. The molecule has 0 atom stereocenters. The van der Waals surface area contributed by atoms with Crippen molar-refractivity contribution in [3.05, 3.63) is 77.1 Å². The van der Waals surface area contributed by atoms with Gasteiger partial charge in [0.1, 0.15) is 5.75 Å². The second-order valence-electron chi connectivity index (χ2n) is 5.72. The van der Waals surface area contributed by atoms with Crippen LogP contribution in [0.3, 0.4) is 0 Å². The highest BCUT2D eigenvalue weighted by atomic mass is 35.5. The van der Waals surface area contributed by atoms with Gasteiger partial charge in [-0.05, 0) is 30.3 Å². The smallest absolute Gasteiger partial charge is 0.418 e. The molecule has 1 aromatic heterocycles. The van der Waals surface area contributed by atoms with Gasteiger partial charge in [-0.15, -0.1) is 0 Å². The predicted octanol–water partition coefficient (Wildman–Crippen LogP) is 4.92. The lowest BCUT2D eigenvalue weighted by Gasteiger charge is -2.16. The number of rotatable bonds is 5. The van der Waals surface area contributed by atoms with Gasteiger partial charge in [0.25, 0.3) is 5.91 Å². The van der Waals surface area contributed by atoms with E-state index in [0.717, 1.165) is 6.07 Å². The highest BCUT2D eigenvalue weighted by Crippen LogP contribution is 2.34. The molecule has 9 heteroatoms. The number of anilines is 1. The summed E-state index contributed by atoms with van der Waals surface area (Å²) in [6.07, 6.45) is -1.01. The van der Waals surface area contributed by atoms with E-state index in [9.17, 15) is 18.0 Å². The molecule has 1 heterocycles. The van der Waals surface area contributed by atoms with E-state index < -0.39 is 17.6 Å². The maximum atomic E-state index is 13.1. The van der Waals surface area contributed by atoms with E-state index in [-0.39, 0.29) is 22.0 Å². The zero-order valence-electron chi connectivity index (χ0n) is 14.5. The Morgan fingerprint density at radius 1 is 1.11 bits per heavy atom. The number of benzene rings is 2. The van der Waals surface area contributed by atoms with Gasteiger partial charge in [-0.2, -0.15) is 13.2 Å². The van der Waals surface area contributed by atoms with E-state index in [1.54, 1.807) is 23.0 Å². The number of hydrogen-bond donors (Lipinski definition) is 2. The molecule has 0 spiro atoms. The number of hydrogen-bond acceptors (Lipinski definition) is 3. The van der Waals surface area contributed by atoms with E-state index in [1.807, 2.05) is 12.1 Å². The second kappa shape index (κ2) is 7.85. The first-order valence-corrected chi connectivity index (χ1v) is 8.42. The third-order valence-electron chi connectivity index (χ3n) is 3.94. The number of ether oxygens (including phenoxy) is 1. The topological polar surface area (TPSA) is 55.3 Å². The van der Waals surface area contributed by atoms with Crippen LogP contribution >= 0.6 is 11.6 Å². The van der Waals surface area contributed by atoms with Crippen LogP contribution in [0.25, 0.3) is 5.69 Å². The molecule has 0 fully saturated rings. The monoisotopic (exact) mass is 409 g/mol. The van der Waals surface area contributed by atoms with Gasteiger partial charge in [0.2, 0.25) is 0 Å². The number of amides is 1. The Kier molecular flexibility index (Phi) is 5.51. The molecule has 0 aliphatic carbocycles. The van der Waals surface area contributed by atoms with Crippen LogP contribution < -0.4 is 15.6 Å². The van der Waals surface area contributed by atoms with Crippen LogP contribution in [0, 0.1) is 0 Å². The van der Waals surface area contributed by atoms with E-state index in [1.165, 1.54) is 31.4 Å². The maximum absolute atomic E-state index is 13.1. The highest BCUT2D eigenvalue weighted by molar-refractivity contribution is 6.33. The quantitative estimate of drug-likeness (QED) is 0.588. The van der Waals surface area contributed by atoms with Gasteiger partial charge >= 0.3 is 6.18 Å². The predicted molar refractivity (Wildman–Crippen MR) is 99.9 cm³/mol. The summed E-state index contributed by atoms with van der Waals surface area (Å²) in [5.74, 6) is -0.480. The Bertz CT molecular complexity index is 989. The third kappa shape index (κ3) is 4.07. The first kappa shape index (κ1) is 19.6. The summed E-state index contributed by atoms with van der Waals surface area (Å²) in [6.45, 7) is 0. The molecule has 146 valence electrons. The fraction of sp³-hybridized carbons (Fsp3) is 0.105. The van der Waals surface area contributed by atoms with Gasteiger partial charge in [0.15, 0.2) is 0 Å². The Morgan fingerprint density at radius 2 is 1.79 bits per heavy atom. The van der Waals surface area contributed by atoms with Crippen molar-refractivity contribution in [3.63, 3.8) is 0 Å². The summed E-state index contributed by atoms with van der Waals surface area (Å²) in [6, 6.07) is 11.4. The van der Waals surface area contributed by atoms with E-state index in [2.05, 4.69) is 10.9 Å². The average molecular weight is 410 g/mol. The number of para-hydroxylation sites is 1. The number of carbonyl (C=O) groups is 1. The lowest BCUT2D eigenvalue weighted by atomic mass is 10.1. The van der Waals surface area contributed by atoms with Crippen LogP contribution in [0.15, 0.2) is 60.9 Å². The van der Waals surface area contributed by atoms with Crippen LogP contribution in [0.2, 0.25) is 5.02 Å². The molecule has 2 N–H and O–H groups in total. The molecule has 0 aliphatic rings. The van der Waals surface area contributed by atoms with Crippen LogP contribution in [0.1, 0.15) is 15.9 Å². The van der Waals surface area contributed by atoms with Crippen molar-refractivity contribution in [1.82, 2.24) is 9.99 Å². The molecule has 28 heavy (non-hydrogen) atoms. The van der Waals surface area contributed by atoms with Gasteiger partial charge in [0, 0.05) is 18.5 Å². The van der Waals surface area contributed by atoms with Crippen molar-refractivity contribution >= 4 is 23.2 Å². The fourth-order valence-corrected chi connectivity index (χ4v) is 2.87. The maximum Gasteiger partial charge on any atom is 0.418 e. The van der Waals surface area contributed by atoms with Crippen LogP contribution in [0.4, 0.5) is 18.9 Å². The van der Waals surface area contributed by atoms with Gasteiger partial charge in [-0.25, -0.2) is 0 Å². The molecule has 1 amide bonds. The second-order valence-corrected chi connectivity index (χ2v) is 6.12. The molecule has 3 rings (SSSR count). The number of halogens is 4. The zero-order valence-corrected chi connectivity index (χ0v) is 15.3. The Labute approximate surface area is 163 Å². The summed E-state index contributed by atoms with van der Waals surface area (Å²) in [5, 5.41) is 0.276. The van der Waals surface area contributed by atoms with Gasteiger partial charge in [-0.1, -0.05) is 23.7 Å². The van der Waals surface area contributed by atoms with E-state index in [0.29, 0.717) is 5.69 Å². The van der Waals surface area contributed by atoms with Crippen molar-refractivity contribution in [3.8, 4) is 11.4 Å². The third-order valence-corrected chi connectivity index (χ3v) is 4.24. The summed E-state index contributed by atoms with van der Waals surface area (Å²) in [7, 11) is 1.38. The molecule has 0 aliphatic heterocycles. The molecule has 0 saturated heterocycles. The van der Waals surface area contributed by atoms with E-state index >= 15 is 0 Å². The van der Waals surface area contributed by atoms with Gasteiger partial charge in [-0.3, -0.25) is 15.6 Å². The lowest BCUT2D eigenvalue weighted by molar-refractivity contribution is -0.137. The van der Waals surface area contributed by atoms with Crippen LogP contribution in [0.5, 0.6) is 5.75 Å². The molecule has 0 bridgehead atoms. The Hall–Kier alpha value is -3.13.